The molecule has 0 aliphatic carbocycles. The molecule has 93 heavy (non-hydrogen) atoms. The molecule has 4 heterocycles. The van der Waals surface area contributed by atoms with Crippen LogP contribution in [-0.4, -0.2) is 152 Å². The largest absolute Gasteiger partial charge is 0.463 e. The molecule has 0 unspecified atom stereocenters. The lowest BCUT2D eigenvalue weighted by Gasteiger charge is -2.51. The Morgan fingerprint density at radius 2 is 0.742 bits per heavy atom. The van der Waals surface area contributed by atoms with Crippen LogP contribution in [0.2, 0.25) is 0 Å². The van der Waals surface area contributed by atoms with Crippen molar-refractivity contribution in [2.45, 2.75) is 166 Å². The Morgan fingerprint density at radius 3 is 1.18 bits per heavy atom. The molecule has 21 nitrogen and oxygen atoms in total. The van der Waals surface area contributed by atoms with Crippen LogP contribution in [0.3, 0.4) is 0 Å². The van der Waals surface area contributed by atoms with Gasteiger partial charge in [0.25, 0.3) is 11.8 Å². The number of aliphatic hydroxyl groups is 1. The van der Waals surface area contributed by atoms with Crippen LogP contribution < -0.4 is 0 Å². The topological polar surface area (TPSA) is 238 Å². The zero-order chi connectivity index (χ0) is 65.2. The lowest BCUT2D eigenvalue weighted by atomic mass is 9.93. The molecule has 0 radical (unpaired) electrons. The minimum atomic E-state index is -1.87. The maximum Gasteiger partial charge on any atom is 0.303 e. The average molecular weight is 1280 g/mol. The third-order valence-electron chi connectivity index (χ3n) is 16.3. The first-order valence-corrected chi connectivity index (χ1v) is 31.0. The molecular weight excluding hydrogens is 1200 g/mol. The molecule has 4 aliphatic rings. The molecule has 10 rings (SSSR count). The van der Waals surface area contributed by atoms with E-state index in [2.05, 4.69) is 0 Å². The maximum absolute atomic E-state index is 14.4. The monoisotopic (exact) mass is 1280 g/mol. The summed E-state index contributed by atoms with van der Waals surface area (Å²) >= 11 is 0. The van der Waals surface area contributed by atoms with Crippen LogP contribution in [0.25, 0.3) is 0 Å². The fourth-order valence-corrected chi connectivity index (χ4v) is 11.6. The van der Waals surface area contributed by atoms with E-state index in [0.717, 1.165) is 53.5 Å². The minimum Gasteiger partial charge on any atom is -0.463 e. The molecule has 0 bridgehead atoms. The predicted molar refractivity (Wildman–Crippen MR) is 332 cm³/mol. The normalized spacial score (nSPS) is 27.2. The van der Waals surface area contributed by atoms with Gasteiger partial charge in [-0.25, -0.2) is 0 Å². The van der Waals surface area contributed by atoms with Gasteiger partial charge in [-0.05, 0) is 47.2 Å². The third-order valence-corrected chi connectivity index (χ3v) is 16.3. The first-order valence-electron chi connectivity index (χ1n) is 31.0. The summed E-state index contributed by atoms with van der Waals surface area (Å²) < 4.78 is 93.1. The Balaban J connectivity index is 1.08. The Kier molecular flexibility index (Phi) is 24.4. The number of rotatable bonds is 29. The van der Waals surface area contributed by atoms with Gasteiger partial charge < -0.3 is 71.4 Å². The second-order valence-corrected chi connectivity index (χ2v) is 23.1. The van der Waals surface area contributed by atoms with Crippen LogP contribution in [0.4, 0.5) is 0 Å². The molecule has 6 aromatic carbocycles. The Labute approximate surface area is 540 Å². The molecule has 3 fully saturated rings. The van der Waals surface area contributed by atoms with Crippen molar-refractivity contribution in [3.63, 3.8) is 0 Å². The zero-order valence-electron chi connectivity index (χ0n) is 52.5. The molecular formula is C72H79NO20. The van der Waals surface area contributed by atoms with E-state index in [9.17, 15) is 29.1 Å². The van der Waals surface area contributed by atoms with Crippen molar-refractivity contribution >= 4 is 29.7 Å². The molecule has 21 heteroatoms. The summed E-state index contributed by atoms with van der Waals surface area (Å²) in [4.78, 5) is 68.5. The van der Waals surface area contributed by atoms with Crippen molar-refractivity contribution in [3.8, 4) is 0 Å². The highest BCUT2D eigenvalue weighted by Crippen LogP contribution is 2.40. The number of esters is 3. The molecule has 6 aromatic rings. The number of hydrogen-bond donors (Lipinski definition) is 1. The highest BCUT2D eigenvalue weighted by molar-refractivity contribution is 6.19. The van der Waals surface area contributed by atoms with Crippen molar-refractivity contribution < 1.29 is 95.4 Å². The minimum absolute atomic E-state index is 0.0487. The highest BCUT2D eigenvalue weighted by atomic mass is 16.8. The fourth-order valence-electron chi connectivity index (χ4n) is 11.6. The first-order chi connectivity index (χ1) is 45.2. The molecule has 2 amide bonds. The Bertz CT molecular complexity index is 3360. The van der Waals surface area contributed by atoms with Gasteiger partial charge in [-0.15, -0.1) is 0 Å². The van der Waals surface area contributed by atoms with E-state index < -0.39 is 128 Å². The van der Waals surface area contributed by atoms with Crippen molar-refractivity contribution in [3.05, 3.63) is 227 Å². The number of nitrogens with zero attached hydrogens (tertiary/aromatic N) is 1. The molecule has 0 aromatic heterocycles. The number of carbonyl (C=O) groups is 5. The van der Waals surface area contributed by atoms with E-state index in [1.807, 2.05) is 182 Å². The van der Waals surface area contributed by atoms with Crippen molar-refractivity contribution in [2.75, 3.05) is 19.8 Å². The van der Waals surface area contributed by atoms with Gasteiger partial charge in [-0.2, -0.15) is 0 Å². The summed E-state index contributed by atoms with van der Waals surface area (Å²) in [5.41, 5.74) is 5.08. The fraction of sp³-hybridized carbons (Fsp3) is 0.403. The summed E-state index contributed by atoms with van der Waals surface area (Å²) in [6.45, 7) is 5.68. The van der Waals surface area contributed by atoms with Gasteiger partial charge in [0, 0.05) is 31.9 Å². The van der Waals surface area contributed by atoms with Crippen molar-refractivity contribution in [1.29, 1.82) is 0 Å². The van der Waals surface area contributed by atoms with Crippen molar-refractivity contribution in [1.82, 2.24) is 4.90 Å². The summed E-state index contributed by atoms with van der Waals surface area (Å²) in [5, 5.41) is 13.5. The number of aliphatic hydroxyl groups excluding tert-OH is 1. The zero-order valence-corrected chi connectivity index (χ0v) is 52.5. The van der Waals surface area contributed by atoms with Crippen LogP contribution in [0.15, 0.2) is 193 Å². The second kappa shape index (κ2) is 33.3. The second-order valence-electron chi connectivity index (χ2n) is 23.1. The maximum atomic E-state index is 14.4. The number of hydrogen-bond acceptors (Lipinski definition) is 20. The molecule has 0 saturated carbocycles. The van der Waals surface area contributed by atoms with Gasteiger partial charge in [-0.1, -0.05) is 182 Å². The summed E-state index contributed by atoms with van der Waals surface area (Å²) in [7, 11) is 0. The number of imide groups is 1. The van der Waals surface area contributed by atoms with Crippen LogP contribution in [-0.2, 0) is 130 Å². The van der Waals surface area contributed by atoms with Gasteiger partial charge in [0.2, 0.25) is 0 Å². The van der Waals surface area contributed by atoms with E-state index in [1.54, 1.807) is 0 Å². The van der Waals surface area contributed by atoms with E-state index in [-0.39, 0.29) is 64.0 Å². The summed E-state index contributed by atoms with van der Waals surface area (Å²) in [6, 6.07) is 55.3. The molecule has 3 saturated heterocycles. The number of carbonyl (C=O) groups excluding carboxylic acids is 5. The average Bonchev–Trinajstić information content (AvgIpc) is 1.75. The van der Waals surface area contributed by atoms with Gasteiger partial charge in [0.1, 0.15) is 67.6 Å². The van der Waals surface area contributed by atoms with Gasteiger partial charge >= 0.3 is 17.9 Å². The quantitative estimate of drug-likeness (QED) is 0.0264. The molecule has 1 N–H and O–H groups in total. The van der Waals surface area contributed by atoms with Gasteiger partial charge in [0.05, 0.1) is 52.9 Å². The van der Waals surface area contributed by atoms with E-state index in [1.165, 1.54) is 13.8 Å². The van der Waals surface area contributed by atoms with Gasteiger partial charge in [-0.3, -0.25) is 28.9 Å². The third kappa shape index (κ3) is 18.1. The van der Waals surface area contributed by atoms with Crippen molar-refractivity contribution in [2.24, 2.45) is 0 Å². The van der Waals surface area contributed by atoms with Crippen LogP contribution >= 0.6 is 0 Å². The number of benzene rings is 6. The number of ether oxygens (including phenoxy) is 14. The van der Waals surface area contributed by atoms with Crippen LogP contribution in [0.5, 0.6) is 0 Å². The lowest BCUT2D eigenvalue weighted by Crippen LogP contribution is -2.70. The van der Waals surface area contributed by atoms with Gasteiger partial charge in [0.15, 0.2) is 31.1 Å². The van der Waals surface area contributed by atoms with Crippen LogP contribution in [0.1, 0.15) is 68.0 Å². The Morgan fingerprint density at radius 1 is 0.387 bits per heavy atom. The first kappa shape index (κ1) is 68.0. The summed E-state index contributed by atoms with van der Waals surface area (Å²) in [6.07, 6.45) is -19.9. The van der Waals surface area contributed by atoms with E-state index >= 15 is 0 Å². The molecule has 15 atom stereocenters. The predicted octanol–water partition coefficient (Wildman–Crippen LogP) is 8.20. The summed E-state index contributed by atoms with van der Waals surface area (Å²) in [5.74, 6) is -4.10. The van der Waals surface area contributed by atoms with Crippen LogP contribution in [0, 0.1) is 0 Å². The van der Waals surface area contributed by atoms with E-state index in [4.69, 9.17) is 66.3 Å². The lowest BCUT2D eigenvalue weighted by molar-refractivity contribution is -0.386. The Hall–Kier alpha value is -7.87. The highest BCUT2D eigenvalue weighted by Gasteiger charge is 2.60. The van der Waals surface area contributed by atoms with E-state index in [0.29, 0.717) is 5.56 Å². The molecule has 492 valence electrons. The SMILES string of the molecule is CC(=O)OC[C@H]1O[C@@H](O[C@@H]2[C@H](O)[C@@H](OCc3ccccc3)[C@H](O[C@H]3[C@H](OCc4ccccc4)[C@@H](OCc4ccccc4)[C@H](OCc4ccccc4)O[C@@H]3COCc3ccccc3)O[C@@H]2COCc2ccccc2)[C@H](N2C(=O)C(C)=C(C)C2=O)[C@@H](OC(C)=O)[C@@H]1OC(C)=O. The molecule has 0 spiro atoms. The standard InChI is InChI=1S/C72H79NO20/c1-45-46(2)69(79)73(68(45)78)59-64(88-49(5)76)62(87-48(4)75)58(44-82-47(3)74)89-70(59)92-61-56(42-80-36-50-24-12-6-13-25-50)91-72(65(60(61)77)83-38-52-28-16-8-17-29-52)93-63-57(43-81-37-51-26-14-7-15-27-51)90-71(86-41-55-34-22-11-23-35-55)67(85-40-54-32-20-10-21-33-54)66(63)84-39-53-30-18-9-19-31-53/h6-35,56-67,70-72,77H,36-44H2,1-5H3/t56-,57-,58-,59-,60+,61+,62-,63-,64-,65-,66+,67-,70+,71-,72+/m1/s1. The number of amides is 2. The molecule has 4 aliphatic heterocycles. The smallest absolute Gasteiger partial charge is 0.303 e.